The third-order valence-corrected chi connectivity index (χ3v) is 4.54. The number of hydrogen-bond donors (Lipinski definition) is 2. The zero-order valence-corrected chi connectivity index (χ0v) is 11.8. The van der Waals surface area contributed by atoms with Gasteiger partial charge in [0.2, 0.25) is 0 Å². The highest BCUT2D eigenvalue weighted by atomic mass is 15.2. The minimum Gasteiger partial charge on any atom is -0.384 e. The second-order valence-electron chi connectivity index (χ2n) is 6.14. The van der Waals surface area contributed by atoms with Gasteiger partial charge in [0.15, 0.2) is 0 Å². The molecule has 0 amide bonds. The fourth-order valence-electron chi connectivity index (χ4n) is 2.72. The number of anilines is 2. The average molecular weight is 261 g/mol. The van der Waals surface area contributed by atoms with Crippen LogP contribution in [0.25, 0.3) is 0 Å². The van der Waals surface area contributed by atoms with Crippen LogP contribution < -0.4 is 11.1 Å². The summed E-state index contributed by atoms with van der Waals surface area (Å²) in [6.07, 6.45) is 6.22. The smallest absolute Gasteiger partial charge is 0.136 e. The summed E-state index contributed by atoms with van der Waals surface area (Å²) in [5, 5.41) is 3.46. The SMILES string of the molecule is CN(C)C1(CNc2cc(N)nc(C3CC3)n2)CCC1. The van der Waals surface area contributed by atoms with Crippen molar-refractivity contribution in [3.63, 3.8) is 0 Å². The predicted molar refractivity (Wildman–Crippen MR) is 77.2 cm³/mol. The minimum absolute atomic E-state index is 0.291. The van der Waals surface area contributed by atoms with Crippen LogP contribution in [0.5, 0.6) is 0 Å². The van der Waals surface area contributed by atoms with Crippen LogP contribution in [0, 0.1) is 0 Å². The third-order valence-electron chi connectivity index (χ3n) is 4.54. The summed E-state index contributed by atoms with van der Waals surface area (Å²) in [5.41, 5.74) is 6.16. The largest absolute Gasteiger partial charge is 0.384 e. The van der Waals surface area contributed by atoms with Crippen LogP contribution in [0.4, 0.5) is 11.6 Å². The molecule has 0 spiro atoms. The van der Waals surface area contributed by atoms with Crippen molar-refractivity contribution >= 4 is 11.6 Å². The molecule has 3 N–H and O–H groups in total. The molecule has 2 fully saturated rings. The number of nitrogen functional groups attached to an aromatic ring is 1. The lowest BCUT2D eigenvalue weighted by molar-refractivity contribution is 0.0738. The van der Waals surface area contributed by atoms with Crippen LogP contribution in [0.3, 0.4) is 0 Å². The zero-order valence-electron chi connectivity index (χ0n) is 11.8. The first kappa shape index (κ1) is 12.7. The van der Waals surface area contributed by atoms with Crippen LogP contribution >= 0.6 is 0 Å². The Bertz CT molecular complexity index is 463. The summed E-state index contributed by atoms with van der Waals surface area (Å²) in [5.74, 6) is 2.90. The molecule has 1 aromatic rings. The summed E-state index contributed by atoms with van der Waals surface area (Å²) in [7, 11) is 4.32. The van der Waals surface area contributed by atoms with E-state index in [1.165, 1.54) is 32.1 Å². The lowest BCUT2D eigenvalue weighted by atomic mass is 9.75. The topological polar surface area (TPSA) is 67.1 Å². The first-order chi connectivity index (χ1) is 9.09. The van der Waals surface area contributed by atoms with E-state index in [1.54, 1.807) is 0 Å². The van der Waals surface area contributed by atoms with Gasteiger partial charge >= 0.3 is 0 Å². The highest BCUT2D eigenvalue weighted by Crippen LogP contribution is 2.39. The van der Waals surface area contributed by atoms with Gasteiger partial charge in [-0.25, -0.2) is 9.97 Å². The second-order valence-corrected chi connectivity index (χ2v) is 6.14. The number of nitrogens with zero attached hydrogens (tertiary/aromatic N) is 3. The van der Waals surface area contributed by atoms with Crippen LogP contribution in [0.15, 0.2) is 6.07 Å². The van der Waals surface area contributed by atoms with Crippen LogP contribution in [-0.4, -0.2) is 41.0 Å². The number of likely N-dealkylation sites (N-methyl/N-ethyl adjacent to an activating group) is 1. The van der Waals surface area contributed by atoms with E-state index >= 15 is 0 Å². The summed E-state index contributed by atoms with van der Waals surface area (Å²) in [6.45, 7) is 0.931. The Balaban J connectivity index is 1.69. The Morgan fingerprint density at radius 1 is 1.37 bits per heavy atom. The van der Waals surface area contributed by atoms with Gasteiger partial charge in [-0.05, 0) is 46.2 Å². The maximum atomic E-state index is 5.87. The standard InChI is InChI=1S/C14H23N5/c1-19(2)14(6-3-7-14)9-16-12-8-11(15)17-13(18-12)10-4-5-10/h8,10H,3-7,9H2,1-2H3,(H3,15,16,17,18). The van der Waals surface area contributed by atoms with Crippen molar-refractivity contribution in [2.45, 2.75) is 43.6 Å². The molecule has 0 saturated heterocycles. The maximum absolute atomic E-state index is 5.87. The zero-order chi connectivity index (χ0) is 13.5. The van der Waals surface area contributed by atoms with Crippen molar-refractivity contribution in [1.29, 1.82) is 0 Å². The molecule has 3 rings (SSSR count). The van der Waals surface area contributed by atoms with E-state index < -0.39 is 0 Å². The molecule has 1 heterocycles. The van der Waals surface area contributed by atoms with Crippen molar-refractivity contribution in [3.8, 4) is 0 Å². The number of aromatic nitrogens is 2. The highest BCUT2D eigenvalue weighted by Gasteiger charge is 2.38. The van der Waals surface area contributed by atoms with E-state index in [1.807, 2.05) is 6.07 Å². The molecule has 1 aromatic heterocycles. The summed E-state index contributed by atoms with van der Waals surface area (Å²) in [4.78, 5) is 11.3. The third kappa shape index (κ3) is 2.52. The fraction of sp³-hybridized carbons (Fsp3) is 0.714. The molecule has 2 aliphatic rings. The van der Waals surface area contributed by atoms with Gasteiger partial charge in [0.25, 0.3) is 0 Å². The lowest BCUT2D eigenvalue weighted by Gasteiger charge is -2.47. The normalized spacial score (nSPS) is 21.2. The van der Waals surface area contributed by atoms with Gasteiger partial charge in [-0.2, -0.15) is 0 Å². The summed E-state index contributed by atoms with van der Waals surface area (Å²) < 4.78 is 0. The molecule has 0 unspecified atom stereocenters. The van der Waals surface area contributed by atoms with E-state index in [0.717, 1.165) is 18.2 Å². The van der Waals surface area contributed by atoms with E-state index in [-0.39, 0.29) is 0 Å². The molecule has 2 aliphatic carbocycles. The van der Waals surface area contributed by atoms with Gasteiger partial charge in [0.05, 0.1) is 0 Å². The van der Waals surface area contributed by atoms with E-state index in [0.29, 0.717) is 17.3 Å². The molecular weight excluding hydrogens is 238 g/mol. The molecular formula is C14H23N5. The molecule has 0 radical (unpaired) electrons. The molecule has 5 nitrogen and oxygen atoms in total. The van der Waals surface area contributed by atoms with Crippen molar-refractivity contribution in [3.05, 3.63) is 11.9 Å². The first-order valence-corrected chi connectivity index (χ1v) is 7.15. The van der Waals surface area contributed by atoms with Crippen molar-refractivity contribution in [1.82, 2.24) is 14.9 Å². The average Bonchev–Trinajstić information content (AvgIpc) is 3.09. The number of nitrogens with two attached hydrogens (primary N) is 1. The number of rotatable bonds is 5. The molecule has 0 atom stereocenters. The van der Waals surface area contributed by atoms with Gasteiger partial charge in [-0.15, -0.1) is 0 Å². The van der Waals surface area contributed by atoms with Gasteiger partial charge in [-0.3, -0.25) is 0 Å². The van der Waals surface area contributed by atoms with Crippen LogP contribution in [-0.2, 0) is 0 Å². The van der Waals surface area contributed by atoms with Crippen molar-refractivity contribution in [2.24, 2.45) is 0 Å². The number of nitrogens with one attached hydrogen (secondary N) is 1. The predicted octanol–water partition coefficient (Wildman–Crippen LogP) is 1.83. The van der Waals surface area contributed by atoms with E-state index in [2.05, 4.69) is 34.3 Å². The number of hydrogen-bond acceptors (Lipinski definition) is 5. The first-order valence-electron chi connectivity index (χ1n) is 7.15. The Hall–Kier alpha value is -1.36. The molecule has 19 heavy (non-hydrogen) atoms. The molecule has 104 valence electrons. The van der Waals surface area contributed by atoms with Crippen molar-refractivity contribution in [2.75, 3.05) is 31.7 Å². The lowest BCUT2D eigenvalue weighted by Crippen LogP contribution is -2.54. The summed E-state index contributed by atoms with van der Waals surface area (Å²) >= 11 is 0. The van der Waals surface area contributed by atoms with Gasteiger partial charge in [-0.1, -0.05) is 0 Å². The molecule has 5 heteroatoms. The van der Waals surface area contributed by atoms with Gasteiger partial charge < -0.3 is 16.0 Å². The van der Waals surface area contributed by atoms with E-state index in [4.69, 9.17) is 5.73 Å². The monoisotopic (exact) mass is 261 g/mol. The Labute approximate surface area is 114 Å². The quantitative estimate of drug-likeness (QED) is 0.846. The Morgan fingerprint density at radius 2 is 2.11 bits per heavy atom. The highest BCUT2D eigenvalue weighted by molar-refractivity contribution is 5.45. The summed E-state index contributed by atoms with van der Waals surface area (Å²) in [6, 6.07) is 1.84. The second kappa shape index (κ2) is 4.63. The van der Waals surface area contributed by atoms with Gasteiger partial charge in [0.1, 0.15) is 17.5 Å². The minimum atomic E-state index is 0.291. The maximum Gasteiger partial charge on any atom is 0.136 e. The molecule has 0 aromatic carbocycles. The van der Waals surface area contributed by atoms with Gasteiger partial charge in [0, 0.05) is 24.1 Å². The Kier molecular flexibility index (Phi) is 3.09. The van der Waals surface area contributed by atoms with Crippen LogP contribution in [0.1, 0.15) is 43.8 Å². The van der Waals surface area contributed by atoms with E-state index in [9.17, 15) is 0 Å². The fourth-order valence-corrected chi connectivity index (χ4v) is 2.72. The van der Waals surface area contributed by atoms with Crippen molar-refractivity contribution < 1.29 is 0 Å². The molecule has 2 saturated carbocycles. The van der Waals surface area contributed by atoms with Crippen LogP contribution in [0.2, 0.25) is 0 Å². The Morgan fingerprint density at radius 3 is 2.63 bits per heavy atom. The molecule has 0 aliphatic heterocycles. The molecule has 0 bridgehead atoms.